The molecule has 0 aliphatic carbocycles. The van der Waals surface area contributed by atoms with Crippen LogP contribution in [0.3, 0.4) is 0 Å². The monoisotopic (exact) mass is 150 g/mol. The van der Waals surface area contributed by atoms with E-state index in [1.807, 2.05) is 0 Å². The zero-order valence-electron chi connectivity index (χ0n) is 5.58. The summed E-state index contributed by atoms with van der Waals surface area (Å²) in [4.78, 5) is 0. The molecule has 0 unspecified atom stereocenters. The van der Waals surface area contributed by atoms with Crippen molar-refractivity contribution in [3.63, 3.8) is 0 Å². The number of nitriles is 1. The molecular formula is C8H5FNO. The quantitative estimate of drug-likeness (QED) is 0.660. The maximum Gasteiger partial charge on any atom is 0.140 e. The summed E-state index contributed by atoms with van der Waals surface area (Å²) < 4.78 is 12.6. The van der Waals surface area contributed by atoms with Gasteiger partial charge in [0.2, 0.25) is 0 Å². The minimum absolute atomic E-state index is 0.0622. The predicted octanol–water partition coefficient (Wildman–Crippen LogP) is 1.58. The Hall–Kier alpha value is -1.40. The zero-order valence-corrected chi connectivity index (χ0v) is 5.58. The first-order valence-electron chi connectivity index (χ1n) is 2.95. The van der Waals surface area contributed by atoms with Gasteiger partial charge in [-0.3, -0.25) is 0 Å². The number of hydrogen-bond acceptors (Lipinski definition) is 2. The fraction of sp³-hybridized carbons (Fsp3) is 0. The van der Waals surface area contributed by atoms with Gasteiger partial charge in [-0.25, -0.2) is 4.39 Å². The second-order valence-corrected chi connectivity index (χ2v) is 1.98. The number of hydrogen-bond donors (Lipinski definition) is 1. The van der Waals surface area contributed by atoms with Crippen LogP contribution in [0.25, 0.3) is 0 Å². The first-order valence-corrected chi connectivity index (χ1v) is 2.95. The van der Waals surface area contributed by atoms with Crippen LogP contribution in [0.5, 0.6) is 0 Å². The Kier molecular flexibility index (Phi) is 2.19. The minimum atomic E-state index is -0.571. The number of aliphatic hydroxyl groups excluding tert-OH is 1. The predicted molar refractivity (Wildman–Crippen MR) is 36.5 cm³/mol. The van der Waals surface area contributed by atoms with Crippen LogP contribution >= 0.6 is 0 Å². The fourth-order valence-electron chi connectivity index (χ4n) is 0.709. The van der Waals surface area contributed by atoms with E-state index in [9.17, 15) is 4.39 Å². The number of rotatable bonds is 1. The van der Waals surface area contributed by atoms with Crippen LogP contribution in [0.4, 0.5) is 4.39 Å². The molecule has 1 aromatic rings. The Morgan fingerprint density at radius 2 is 2.27 bits per heavy atom. The van der Waals surface area contributed by atoms with Crippen LogP contribution in [-0.4, -0.2) is 5.11 Å². The van der Waals surface area contributed by atoms with Gasteiger partial charge in [-0.2, -0.15) is 5.26 Å². The molecule has 0 heterocycles. The smallest absolute Gasteiger partial charge is 0.140 e. The molecule has 1 radical (unpaired) electrons. The van der Waals surface area contributed by atoms with E-state index in [1.54, 1.807) is 6.07 Å². The van der Waals surface area contributed by atoms with Crippen molar-refractivity contribution in [3.05, 3.63) is 41.8 Å². The Labute approximate surface area is 63.5 Å². The van der Waals surface area contributed by atoms with Crippen molar-refractivity contribution in [2.45, 2.75) is 0 Å². The van der Waals surface area contributed by atoms with Crippen molar-refractivity contribution < 1.29 is 9.50 Å². The lowest BCUT2D eigenvalue weighted by Gasteiger charge is -1.95. The Morgan fingerprint density at radius 3 is 2.82 bits per heavy atom. The molecule has 0 saturated heterocycles. The zero-order chi connectivity index (χ0) is 8.27. The van der Waals surface area contributed by atoms with E-state index in [0.717, 1.165) is 12.7 Å². The number of nitrogens with zero attached hydrogens (tertiary/aromatic N) is 1. The number of benzene rings is 1. The van der Waals surface area contributed by atoms with Crippen LogP contribution in [0, 0.1) is 23.8 Å². The molecule has 0 aromatic heterocycles. The topological polar surface area (TPSA) is 44.0 Å². The standard InChI is InChI=1S/C8H5FNO/c9-8-2-1-6(5-11)3-7(8)4-10/h1-3,5,11H. The van der Waals surface area contributed by atoms with Gasteiger partial charge in [-0.1, -0.05) is 6.07 Å². The van der Waals surface area contributed by atoms with Crippen molar-refractivity contribution in [3.8, 4) is 6.07 Å². The van der Waals surface area contributed by atoms with Crippen LogP contribution in [0.1, 0.15) is 11.1 Å². The highest BCUT2D eigenvalue weighted by Gasteiger charge is 2.00. The lowest BCUT2D eigenvalue weighted by molar-refractivity contribution is 0.414. The van der Waals surface area contributed by atoms with Gasteiger partial charge in [0.15, 0.2) is 0 Å². The molecule has 1 rings (SSSR count). The molecule has 3 heteroatoms. The Morgan fingerprint density at radius 1 is 1.55 bits per heavy atom. The molecule has 2 nitrogen and oxygen atoms in total. The third kappa shape index (κ3) is 1.54. The summed E-state index contributed by atoms with van der Waals surface area (Å²) in [5.74, 6) is -0.571. The molecule has 11 heavy (non-hydrogen) atoms. The van der Waals surface area contributed by atoms with Crippen LogP contribution in [-0.2, 0) is 0 Å². The molecule has 0 aliphatic rings. The van der Waals surface area contributed by atoms with Crippen molar-refractivity contribution in [1.82, 2.24) is 0 Å². The molecule has 0 spiro atoms. The normalized spacial score (nSPS) is 9.18. The summed E-state index contributed by atoms with van der Waals surface area (Å²) in [7, 11) is 0. The summed E-state index contributed by atoms with van der Waals surface area (Å²) in [5.41, 5.74) is 0.357. The summed E-state index contributed by atoms with van der Waals surface area (Å²) in [5, 5.41) is 16.8. The molecule has 0 aliphatic heterocycles. The molecule has 0 atom stereocenters. The van der Waals surface area contributed by atoms with Gasteiger partial charge < -0.3 is 5.11 Å². The molecule has 0 bridgehead atoms. The van der Waals surface area contributed by atoms with E-state index in [4.69, 9.17) is 10.4 Å². The third-order valence-corrected chi connectivity index (χ3v) is 1.26. The van der Waals surface area contributed by atoms with Crippen molar-refractivity contribution in [2.75, 3.05) is 0 Å². The number of aliphatic hydroxyl groups is 1. The van der Waals surface area contributed by atoms with Crippen LogP contribution in [0.15, 0.2) is 18.2 Å². The van der Waals surface area contributed by atoms with E-state index in [0.29, 0.717) is 5.56 Å². The average Bonchev–Trinajstić information content (AvgIpc) is 2.05. The first kappa shape index (κ1) is 7.70. The van der Waals surface area contributed by atoms with Gasteiger partial charge in [0, 0.05) is 0 Å². The third-order valence-electron chi connectivity index (χ3n) is 1.26. The van der Waals surface area contributed by atoms with Gasteiger partial charge in [-0.15, -0.1) is 0 Å². The SMILES string of the molecule is N#Cc1cc([CH]O)ccc1F. The first-order chi connectivity index (χ1) is 5.27. The second kappa shape index (κ2) is 3.13. The lowest BCUT2D eigenvalue weighted by atomic mass is 10.1. The summed E-state index contributed by atoms with van der Waals surface area (Å²) in [6.07, 6.45) is 0. The van der Waals surface area contributed by atoms with E-state index in [-0.39, 0.29) is 5.56 Å². The highest BCUT2D eigenvalue weighted by Crippen LogP contribution is 2.09. The summed E-state index contributed by atoms with van der Waals surface area (Å²) in [6, 6.07) is 5.46. The van der Waals surface area contributed by atoms with Crippen LogP contribution < -0.4 is 0 Å². The van der Waals surface area contributed by atoms with E-state index in [2.05, 4.69) is 0 Å². The fourth-order valence-corrected chi connectivity index (χ4v) is 0.709. The summed E-state index contributed by atoms with van der Waals surface area (Å²) in [6.45, 7) is 0.820. The lowest BCUT2D eigenvalue weighted by Crippen LogP contribution is -1.86. The van der Waals surface area contributed by atoms with Gasteiger partial charge in [0.1, 0.15) is 18.5 Å². The minimum Gasteiger partial charge on any atom is -0.385 e. The van der Waals surface area contributed by atoms with Gasteiger partial charge in [0.05, 0.1) is 5.56 Å². The summed E-state index contributed by atoms with van der Waals surface area (Å²) >= 11 is 0. The maximum atomic E-state index is 12.6. The van der Waals surface area contributed by atoms with Crippen molar-refractivity contribution >= 4 is 0 Å². The molecule has 0 amide bonds. The highest BCUT2D eigenvalue weighted by atomic mass is 19.1. The Balaban J connectivity index is 3.15. The maximum absolute atomic E-state index is 12.6. The molecular weight excluding hydrogens is 145 g/mol. The molecule has 0 saturated carbocycles. The second-order valence-electron chi connectivity index (χ2n) is 1.98. The van der Waals surface area contributed by atoms with Gasteiger partial charge in [-0.05, 0) is 17.7 Å². The van der Waals surface area contributed by atoms with Crippen molar-refractivity contribution in [1.29, 1.82) is 5.26 Å². The molecule has 1 N–H and O–H groups in total. The molecule has 1 aromatic carbocycles. The van der Waals surface area contributed by atoms with Crippen LogP contribution in [0.2, 0.25) is 0 Å². The largest absolute Gasteiger partial charge is 0.385 e. The van der Waals surface area contributed by atoms with Crippen molar-refractivity contribution in [2.24, 2.45) is 0 Å². The highest BCUT2D eigenvalue weighted by molar-refractivity contribution is 5.36. The average molecular weight is 150 g/mol. The molecule has 55 valence electrons. The number of halogens is 1. The van der Waals surface area contributed by atoms with Gasteiger partial charge in [0.25, 0.3) is 0 Å². The van der Waals surface area contributed by atoms with E-state index < -0.39 is 5.82 Å². The molecule has 0 fully saturated rings. The van der Waals surface area contributed by atoms with E-state index >= 15 is 0 Å². The van der Waals surface area contributed by atoms with Gasteiger partial charge >= 0.3 is 0 Å². The Bertz CT molecular complexity index is 303. The van der Waals surface area contributed by atoms with E-state index in [1.165, 1.54) is 12.1 Å².